The van der Waals surface area contributed by atoms with Crippen molar-refractivity contribution in [3.05, 3.63) is 24.5 Å². The second-order valence-electron chi connectivity index (χ2n) is 4.99. The number of anilines is 2. The Kier molecular flexibility index (Phi) is 3.37. The van der Waals surface area contributed by atoms with Crippen LogP contribution in [0.5, 0.6) is 0 Å². The molecular formula is C14H17N5O. The third-order valence-electron chi connectivity index (χ3n) is 3.33. The molecule has 1 fully saturated rings. The minimum Gasteiger partial charge on any atom is -0.399 e. The number of fused-ring (bicyclic) bond motifs is 1. The van der Waals surface area contributed by atoms with Crippen LogP contribution in [0.15, 0.2) is 24.5 Å². The molecule has 3 rings (SSSR count). The number of nitrogen functional groups attached to an aromatic ring is 1. The minimum atomic E-state index is 0.159. The molecule has 6 heteroatoms. The molecule has 1 heterocycles. The van der Waals surface area contributed by atoms with Crippen molar-refractivity contribution in [2.24, 2.45) is 5.92 Å². The first-order valence-corrected chi connectivity index (χ1v) is 6.76. The Hall–Kier alpha value is -2.37. The van der Waals surface area contributed by atoms with Gasteiger partial charge in [0.25, 0.3) is 0 Å². The van der Waals surface area contributed by atoms with Crippen molar-refractivity contribution in [3.8, 4) is 0 Å². The number of carbonyl (C=O) groups is 1. The smallest absolute Gasteiger partial charge is 0.223 e. The highest BCUT2D eigenvalue weighted by molar-refractivity contribution is 5.90. The van der Waals surface area contributed by atoms with E-state index >= 15 is 0 Å². The van der Waals surface area contributed by atoms with Crippen LogP contribution in [0.25, 0.3) is 10.9 Å². The molecule has 1 aliphatic carbocycles. The molecule has 1 aliphatic rings. The fraction of sp³-hybridized carbons (Fsp3) is 0.357. The second-order valence-corrected chi connectivity index (χ2v) is 4.99. The first-order valence-electron chi connectivity index (χ1n) is 6.76. The second kappa shape index (κ2) is 5.32. The van der Waals surface area contributed by atoms with Crippen LogP contribution in [0.4, 0.5) is 11.5 Å². The van der Waals surface area contributed by atoms with Crippen molar-refractivity contribution < 1.29 is 4.79 Å². The zero-order chi connectivity index (χ0) is 13.9. The van der Waals surface area contributed by atoms with Gasteiger partial charge in [0, 0.05) is 30.1 Å². The Labute approximate surface area is 116 Å². The van der Waals surface area contributed by atoms with Crippen LogP contribution in [0.1, 0.15) is 12.8 Å². The molecule has 2 aromatic rings. The Morgan fingerprint density at radius 2 is 2.15 bits per heavy atom. The van der Waals surface area contributed by atoms with Crippen molar-refractivity contribution >= 4 is 28.3 Å². The van der Waals surface area contributed by atoms with Gasteiger partial charge in [0.05, 0.1) is 5.52 Å². The van der Waals surface area contributed by atoms with Gasteiger partial charge in [0.15, 0.2) is 0 Å². The number of aromatic nitrogens is 2. The minimum absolute atomic E-state index is 0.159. The monoisotopic (exact) mass is 271 g/mol. The van der Waals surface area contributed by atoms with Crippen LogP contribution in [0.3, 0.4) is 0 Å². The van der Waals surface area contributed by atoms with E-state index in [2.05, 4.69) is 20.6 Å². The molecule has 0 saturated heterocycles. The molecule has 6 nitrogen and oxygen atoms in total. The third-order valence-corrected chi connectivity index (χ3v) is 3.33. The van der Waals surface area contributed by atoms with Gasteiger partial charge in [-0.15, -0.1) is 0 Å². The zero-order valence-electron chi connectivity index (χ0n) is 11.1. The topological polar surface area (TPSA) is 92.9 Å². The number of carbonyl (C=O) groups excluding carboxylic acids is 1. The van der Waals surface area contributed by atoms with Gasteiger partial charge in [0.1, 0.15) is 12.1 Å². The SMILES string of the molecule is Nc1ccc2c(NCCNC(=O)C3CC3)ncnc2c1. The van der Waals surface area contributed by atoms with E-state index in [-0.39, 0.29) is 11.8 Å². The van der Waals surface area contributed by atoms with Gasteiger partial charge < -0.3 is 16.4 Å². The number of nitrogens with zero attached hydrogens (tertiary/aromatic N) is 2. The van der Waals surface area contributed by atoms with Crippen molar-refractivity contribution in [2.45, 2.75) is 12.8 Å². The van der Waals surface area contributed by atoms with Crippen molar-refractivity contribution in [3.63, 3.8) is 0 Å². The number of rotatable bonds is 5. The Morgan fingerprint density at radius 1 is 1.30 bits per heavy atom. The van der Waals surface area contributed by atoms with Gasteiger partial charge >= 0.3 is 0 Å². The quantitative estimate of drug-likeness (QED) is 0.560. The van der Waals surface area contributed by atoms with Crippen LogP contribution in [0, 0.1) is 5.92 Å². The zero-order valence-corrected chi connectivity index (χ0v) is 11.1. The maximum absolute atomic E-state index is 11.5. The average Bonchev–Trinajstić information content (AvgIpc) is 3.27. The van der Waals surface area contributed by atoms with Crippen molar-refractivity contribution in [1.82, 2.24) is 15.3 Å². The van der Waals surface area contributed by atoms with Crippen LogP contribution in [-0.4, -0.2) is 29.0 Å². The lowest BCUT2D eigenvalue weighted by Crippen LogP contribution is -2.29. The summed E-state index contributed by atoms with van der Waals surface area (Å²) < 4.78 is 0. The lowest BCUT2D eigenvalue weighted by Gasteiger charge is -2.09. The molecule has 4 N–H and O–H groups in total. The van der Waals surface area contributed by atoms with Crippen LogP contribution < -0.4 is 16.4 Å². The summed E-state index contributed by atoms with van der Waals surface area (Å²) in [6.07, 6.45) is 3.56. The van der Waals surface area contributed by atoms with E-state index in [0.717, 1.165) is 29.6 Å². The molecule has 20 heavy (non-hydrogen) atoms. The number of nitrogens with one attached hydrogen (secondary N) is 2. The maximum Gasteiger partial charge on any atom is 0.223 e. The Bertz CT molecular complexity index is 638. The largest absolute Gasteiger partial charge is 0.399 e. The van der Waals surface area contributed by atoms with E-state index < -0.39 is 0 Å². The summed E-state index contributed by atoms with van der Waals surface area (Å²) >= 11 is 0. The van der Waals surface area contributed by atoms with Crippen LogP contribution >= 0.6 is 0 Å². The molecule has 0 aliphatic heterocycles. The molecule has 0 bridgehead atoms. The fourth-order valence-electron chi connectivity index (χ4n) is 2.07. The van der Waals surface area contributed by atoms with Gasteiger partial charge in [-0.3, -0.25) is 4.79 Å². The molecule has 0 unspecified atom stereocenters. The molecule has 0 atom stereocenters. The normalized spacial score (nSPS) is 14.2. The summed E-state index contributed by atoms with van der Waals surface area (Å²) in [5.41, 5.74) is 7.22. The fourth-order valence-corrected chi connectivity index (χ4v) is 2.07. The summed E-state index contributed by atoms with van der Waals surface area (Å²) in [5, 5.41) is 7.05. The highest BCUT2D eigenvalue weighted by Crippen LogP contribution is 2.28. The molecule has 0 spiro atoms. The van der Waals surface area contributed by atoms with Crippen molar-refractivity contribution in [2.75, 3.05) is 24.1 Å². The van der Waals surface area contributed by atoms with Gasteiger partial charge in [0.2, 0.25) is 5.91 Å². The van der Waals surface area contributed by atoms with E-state index in [4.69, 9.17) is 5.73 Å². The highest BCUT2D eigenvalue weighted by Gasteiger charge is 2.28. The van der Waals surface area contributed by atoms with Crippen LogP contribution in [0.2, 0.25) is 0 Å². The number of hydrogen-bond acceptors (Lipinski definition) is 5. The van der Waals surface area contributed by atoms with E-state index in [9.17, 15) is 4.79 Å². The summed E-state index contributed by atoms with van der Waals surface area (Å²) in [5.74, 6) is 1.17. The third kappa shape index (κ3) is 2.79. The molecule has 1 saturated carbocycles. The number of benzene rings is 1. The standard InChI is InChI=1S/C14H17N5O/c15-10-3-4-11-12(7-10)18-8-19-13(11)16-5-6-17-14(20)9-1-2-9/h3-4,7-9H,1-2,5-6,15H2,(H,17,20)(H,16,18,19). The number of amides is 1. The molecular weight excluding hydrogens is 254 g/mol. The van der Waals surface area contributed by atoms with Gasteiger partial charge in [-0.1, -0.05) is 0 Å². The predicted molar refractivity (Wildman–Crippen MR) is 78.2 cm³/mol. The Morgan fingerprint density at radius 3 is 2.95 bits per heavy atom. The molecule has 1 aromatic heterocycles. The first kappa shape index (κ1) is 12.7. The van der Waals surface area contributed by atoms with E-state index in [1.807, 2.05) is 18.2 Å². The van der Waals surface area contributed by atoms with Gasteiger partial charge in [-0.2, -0.15) is 0 Å². The van der Waals surface area contributed by atoms with Gasteiger partial charge in [-0.25, -0.2) is 9.97 Å². The average molecular weight is 271 g/mol. The van der Waals surface area contributed by atoms with Gasteiger partial charge in [-0.05, 0) is 31.0 Å². The van der Waals surface area contributed by atoms with E-state index in [1.165, 1.54) is 6.33 Å². The van der Waals surface area contributed by atoms with E-state index in [1.54, 1.807) is 0 Å². The van der Waals surface area contributed by atoms with Crippen molar-refractivity contribution in [1.29, 1.82) is 0 Å². The number of nitrogens with two attached hydrogens (primary N) is 1. The summed E-state index contributed by atoms with van der Waals surface area (Å²) in [4.78, 5) is 19.9. The molecule has 1 aromatic carbocycles. The number of hydrogen-bond donors (Lipinski definition) is 3. The Balaban J connectivity index is 1.60. The molecule has 104 valence electrons. The highest BCUT2D eigenvalue weighted by atomic mass is 16.2. The summed E-state index contributed by atoms with van der Waals surface area (Å²) in [7, 11) is 0. The first-order chi connectivity index (χ1) is 9.74. The molecule has 1 amide bonds. The lowest BCUT2D eigenvalue weighted by atomic mass is 10.2. The lowest BCUT2D eigenvalue weighted by molar-refractivity contribution is -0.122. The van der Waals surface area contributed by atoms with E-state index in [0.29, 0.717) is 18.8 Å². The van der Waals surface area contributed by atoms with Crippen LogP contribution in [-0.2, 0) is 4.79 Å². The maximum atomic E-state index is 11.5. The predicted octanol–water partition coefficient (Wildman–Crippen LogP) is 1.15. The summed E-state index contributed by atoms with van der Waals surface area (Å²) in [6.45, 7) is 1.23. The molecule has 0 radical (unpaired) electrons. The summed E-state index contributed by atoms with van der Waals surface area (Å²) in [6, 6.07) is 5.54.